The number of imidazole rings is 1. The van der Waals surface area contributed by atoms with Crippen molar-refractivity contribution in [3.8, 4) is 5.75 Å². The summed E-state index contributed by atoms with van der Waals surface area (Å²) >= 11 is 5.75. The lowest BCUT2D eigenvalue weighted by Gasteiger charge is -2.10. The fourth-order valence-corrected chi connectivity index (χ4v) is 2.47. The molecule has 3 nitrogen and oxygen atoms in total. The van der Waals surface area contributed by atoms with Crippen LogP contribution in [0.5, 0.6) is 5.75 Å². The van der Waals surface area contributed by atoms with Crippen molar-refractivity contribution in [1.82, 2.24) is 9.55 Å². The second-order valence-corrected chi connectivity index (χ2v) is 5.04. The van der Waals surface area contributed by atoms with Gasteiger partial charge in [-0.05, 0) is 18.6 Å². The van der Waals surface area contributed by atoms with Crippen molar-refractivity contribution in [2.24, 2.45) is 0 Å². The number of aryl methyl sites for hydroxylation is 2. The van der Waals surface area contributed by atoms with E-state index < -0.39 is 12.6 Å². The lowest BCUT2D eigenvalue weighted by molar-refractivity contribution is -0.135. The molecular weight excluding hydrogens is 305 g/mol. The highest BCUT2D eigenvalue weighted by Gasteiger charge is 2.26. The maximum atomic E-state index is 12.3. The summed E-state index contributed by atoms with van der Waals surface area (Å²) in [7, 11) is 1.54. The van der Waals surface area contributed by atoms with Gasteiger partial charge in [-0.25, -0.2) is 4.98 Å². The summed E-state index contributed by atoms with van der Waals surface area (Å²) in [5.74, 6) is 1.66. The van der Waals surface area contributed by atoms with Crippen molar-refractivity contribution in [1.29, 1.82) is 0 Å². The van der Waals surface area contributed by atoms with E-state index in [2.05, 4.69) is 4.98 Å². The molecule has 1 heterocycles. The van der Waals surface area contributed by atoms with Gasteiger partial charge in [0.05, 0.1) is 12.6 Å². The molecule has 0 aliphatic rings. The molecule has 0 radical (unpaired) electrons. The Bertz CT molecular complexity index is 610. The van der Waals surface area contributed by atoms with E-state index in [1.807, 2.05) is 6.07 Å². The van der Waals surface area contributed by atoms with Crippen LogP contribution in [0.1, 0.15) is 18.7 Å². The quantitative estimate of drug-likeness (QED) is 0.747. The fraction of sp³-hybridized carbons (Fsp3) is 0.500. The van der Waals surface area contributed by atoms with Gasteiger partial charge in [-0.15, -0.1) is 11.6 Å². The summed E-state index contributed by atoms with van der Waals surface area (Å²) in [6.07, 6.45) is -4.43. The summed E-state index contributed by atoms with van der Waals surface area (Å²) in [6, 6.07) is 5.41. The maximum Gasteiger partial charge on any atom is 0.389 e. The number of aromatic nitrogens is 2. The average Bonchev–Trinajstić information content (AvgIpc) is 2.76. The third-order valence-corrected chi connectivity index (χ3v) is 3.39. The summed E-state index contributed by atoms with van der Waals surface area (Å²) in [5, 5.41) is 0. The van der Waals surface area contributed by atoms with Gasteiger partial charge in [-0.1, -0.05) is 6.07 Å². The van der Waals surface area contributed by atoms with E-state index in [0.717, 1.165) is 5.52 Å². The van der Waals surface area contributed by atoms with Crippen LogP contribution in [0.25, 0.3) is 11.0 Å². The SMILES string of the molecule is COc1cccc2c1nc(CCCl)n2CCCC(F)(F)F. The predicted molar refractivity (Wildman–Crippen MR) is 76.0 cm³/mol. The first kappa shape index (κ1) is 15.9. The Morgan fingerprint density at radius 3 is 2.71 bits per heavy atom. The molecule has 1 aromatic heterocycles. The maximum absolute atomic E-state index is 12.3. The van der Waals surface area contributed by atoms with Crippen LogP contribution in [0.15, 0.2) is 18.2 Å². The van der Waals surface area contributed by atoms with Crippen LogP contribution in [-0.4, -0.2) is 28.7 Å². The Morgan fingerprint density at radius 2 is 2.10 bits per heavy atom. The van der Waals surface area contributed by atoms with Crippen molar-refractivity contribution in [2.45, 2.75) is 32.0 Å². The van der Waals surface area contributed by atoms with Gasteiger partial charge >= 0.3 is 6.18 Å². The molecule has 116 valence electrons. The van der Waals surface area contributed by atoms with Gasteiger partial charge in [-0.2, -0.15) is 13.2 Å². The molecule has 7 heteroatoms. The second kappa shape index (κ2) is 6.56. The number of hydrogen-bond donors (Lipinski definition) is 0. The molecule has 0 spiro atoms. The number of nitrogens with zero attached hydrogens (tertiary/aromatic N) is 2. The zero-order chi connectivity index (χ0) is 15.5. The summed E-state index contributed by atoms with van der Waals surface area (Å²) in [5.41, 5.74) is 1.43. The number of para-hydroxylation sites is 1. The van der Waals surface area contributed by atoms with E-state index in [-0.39, 0.29) is 13.0 Å². The minimum atomic E-state index is -4.14. The lowest BCUT2D eigenvalue weighted by atomic mass is 10.2. The predicted octanol–water partition coefficient (Wildman–Crippen LogP) is 4.17. The third-order valence-electron chi connectivity index (χ3n) is 3.20. The highest BCUT2D eigenvalue weighted by molar-refractivity contribution is 6.17. The summed E-state index contributed by atoms with van der Waals surface area (Å²) in [4.78, 5) is 4.46. The molecule has 0 bridgehead atoms. The molecule has 0 saturated carbocycles. The topological polar surface area (TPSA) is 27.1 Å². The van der Waals surface area contributed by atoms with Gasteiger partial charge in [0.2, 0.25) is 0 Å². The Kier molecular flexibility index (Phi) is 4.98. The normalized spacial score (nSPS) is 12.0. The number of benzene rings is 1. The van der Waals surface area contributed by atoms with Crippen LogP contribution in [0.4, 0.5) is 13.2 Å². The van der Waals surface area contributed by atoms with Crippen molar-refractivity contribution in [3.63, 3.8) is 0 Å². The molecule has 0 amide bonds. The van der Waals surface area contributed by atoms with Crippen molar-refractivity contribution < 1.29 is 17.9 Å². The molecule has 0 aliphatic heterocycles. The van der Waals surface area contributed by atoms with E-state index in [1.54, 1.807) is 23.8 Å². The average molecular weight is 321 g/mol. The number of ether oxygens (including phenoxy) is 1. The monoisotopic (exact) mass is 320 g/mol. The van der Waals surface area contributed by atoms with Gasteiger partial charge in [0.1, 0.15) is 17.1 Å². The number of fused-ring (bicyclic) bond motifs is 1. The first-order valence-electron chi connectivity index (χ1n) is 6.61. The molecule has 2 aromatic rings. The largest absolute Gasteiger partial charge is 0.494 e. The molecular formula is C14H16ClF3N2O. The van der Waals surface area contributed by atoms with Crippen LogP contribution >= 0.6 is 11.6 Å². The van der Waals surface area contributed by atoms with E-state index in [9.17, 15) is 13.2 Å². The standard InChI is InChI=1S/C14H16ClF3N2O/c1-21-11-5-2-4-10-13(11)19-12(6-8-15)20(10)9-3-7-14(16,17)18/h2,4-5H,3,6-9H2,1H3. The van der Waals surface area contributed by atoms with Crippen molar-refractivity contribution in [2.75, 3.05) is 13.0 Å². The van der Waals surface area contributed by atoms with E-state index in [4.69, 9.17) is 16.3 Å². The molecule has 1 aromatic carbocycles. The van der Waals surface area contributed by atoms with Crippen LogP contribution in [0, 0.1) is 0 Å². The van der Waals surface area contributed by atoms with Gasteiger partial charge in [0, 0.05) is 25.3 Å². The summed E-state index contributed by atoms with van der Waals surface area (Å²) < 4.78 is 43.9. The third kappa shape index (κ3) is 3.81. The molecule has 0 unspecified atom stereocenters. The van der Waals surface area contributed by atoms with E-state index in [0.29, 0.717) is 29.4 Å². The highest BCUT2D eigenvalue weighted by Crippen LogP contribution is 2.28. The first-order chi connectivity index (χ1) is 9.96. The molecule has 0 aliphatic carbocycles. The second-order valence-electron chi connectivity index (χ2n) is 4.67. The van der Waals surface area contributed by atoms with Gasteiger partial charge in [0.25, 0.3) is 0 Å². The van der Waals surface area contributed by atoms with Crippen LogP contribution in [0.2, 0.25) is 0 Å². The minimum Gasteiger partial charge on any atom is -0.494 e. The van der Waals surface area contributed by atoms with Crippen molar-refractivity contribution in [3.05, 3.63) is 24.0 Å². The molecule has 0 atom stereocenters. The first-order valence-corrected chi connectivity index (χ1v) is 7.14. The Balaban J connectivity index is 2.33. The number of hydrogen-bond acceptors (Lipinski definition) is 2. The Labute approximate surface area is 125 Å². The van der Waals surface area contributed by atoms with Gasteiger partial charge in [0.15, 0.2) is 0 Å². The van der Waals surface area contributed by atoms with Gasteiger partial charge < -0.3 is 9.30 Å². The summed E-state index contributed by atoms with van der Waals surface area (Å²) in [6.45, 7) is 0.259. The van der Waals surface area contributed by atoms with Crippen LogP contribution in [0.3, 0.4) is 0 Å². The number of halogens is 4. The van der Waals surface area contributed by atoms with Crippen LogP contribution < -0.4 is 4.74 Å². The fourth-order valence-electron chi connectivity index (χ4n) is 2.30. The molecule has 0 saturated heterocycles. The lowest BCUT2D eigenvalue weighted by Crippen LogP contribution is -2.11. The van der Waals surface area contributed by atoms with Crippen molar-refractivity contribution >= 4 is 22.6 Å². The smallest absolute Gasteiger partial charge is 0.389 e. The Morgan fingerprint density at radius 1 is 1.33 bits per heavy atom. The number of rotatable bonds is 6. The zero-order valence-electron chi connectivity index (χ0n) is 11.6. The molecule has 2 rings (SSSR count). The molecule has 0 fully saturated rings. The van der Waals surface area contributed by atoms with E-state index in [1.165, 1.54) is 0 Å². The molecule has 0 N–H and O–H groups in total. The highest BCUT2D eigenvalue weighted by atomic mass is 35.5. The molecule has 21 heavy (non-hydrogen) atoms. The van der Waals surface area contributed by atoms with Gasteiger partial charge in [-0.3, -0.25) is 0 Å². The Hall–Kier alpha value is -1.43. The van der Waals surface area contributed by atoms with Crippen LogP contribution in [-0.2, 0) is 13.0 Å². The van der Waals surface area contributed by atoms with E-state index >= 15 is 0 Å². The number of alkyl halides is 4. The minimum absolute atomic E-state index is 0.0153. The number of methoxy groups -OCH3 is 1. The zero-order valence-corrected chi connectivity index (χ0v) is 12.3.